The molecular weight excluding hydrogens is 106 g/mol. The van der Waals surface area contributed by atoms with Gasteiger partial charge >= 0.3 is 6.15 Å². The second-order valence-electron chi connectivity index (χ2n) is 1.47. The third-order valence-corrected chi connectivity index (χ3v) is 0.644. The van der Waals surface area contributed by atoms with Crippen molar-refractivity contribution in [3.05, 3.63) is 0 Å². The highest BCUT2D eigenvalue weighted by molar-refractivity contribution is 5.20. The Kier molecular flexibility index (Phi) is 12.4. The smallest absolute Gasteiger partial charge is 0.328 e. The Morgan fingerprint density at radius 2 is 1.75 bits per heavy atom. The highest BCUT2D eigenvalue weighted by atomic mass is 16.2. The summed E-state index contributed by atoms with van der Waals surface area (Å²) in [6, 6.07) is 0.384. The predicted octanol–water partition coefficient (Wildman–Crippen LogP) is 0.160. The molecule has 0 aromatic carbocycles. The van der Waals surface area contributed by atoms with Crippen LogP contribution in [0.3, 0.4) is 0 Å². The second-order valence-corrected chi connectivity index (χ2v) is 1.47. The number of rotatable bonds is 1. The van der Waals surface area contributed by atoms with E-state index in [9.17, 15) is 0 Å². The molecule has 0 aliphatic rings. The first-order valence-corrected chi connectivity index (χ1v) is 2.43. The average Bonchev–Trinajstić information content (AvgIpc) is 1.69. The van der Waals surface area contributed by atoms with E-state index < -0.39 is 0 Å². The quantitative estimate of drug-likeness (QED) is 0.532. The number of carbonyl (C=O) groups excluding carboxylic acids is 2. The molecule has 0 spiro atoms. The summed E-state index contributed by atoms with van der Waals surface area (Å²) in [5, 5.41) is 0. The minimum Gasteiger partial charge on any atom is -0.328 e. The summed E-state index contributed by atoms with van der Waals surface area (Å²) in [4.78, 5) is 16.2. The number of hydrogen-bond donors (Lipinski definition) is 1. The molecule has 48 valence electrons. The van der Waals surface area contributed by atoms with Gasteiger partial charge in [0.2, 0.25) is 0 Å². The summed E-state index contributed by atoms with van der Waals surface area (Å²) in [7, 11) is 0. The Labute approximate surface area is 48.9 Å². The zero-order valence-electron chi connectivity index (χ0n) is 5.18. The van der Waals surface area contributed by atoms with E-state index in [1.807, 2.05) is 6.92 Å². The van der Waals surface area contributed by atoms with Gasteiger partial charge in [-0.3, -0.25) is 0 Å². The minimum absolute atomic E-state index is 0.250. The first-order chi connectivity index (χ1) is 3.68. The molecule has 1 atom stereocenters. The van der Waals surface area contributed by atoms with Gasteiger partial charge in [0.05, 0.1) is 0 Å². The Balaban J connectivity index is 0. The largest absolute Gasteiger partial charge is 0.373 e. The van der Waals surface area contributed by atoms with Crippen LogP contribution in [0.1, 0.15) is 20.3 Å². The predicted molar refractivity (Wildman–Crippen MR) is 28.9 cm³/mol. The summed E-state index contributed by atoms with van der Waals surface area (Å²) in [5.74, 6) is 0. The second kappa shape index (κ2) is 9.60. The lowest BCUT2D eigenvalue weighted by molar-refractivity contribution is -0.191. The zero-order valence-corrected chi connectivity index (χ0v) is 5.18. The molecule has 0 aliphatic heterocycles. The Hall–Kier alpha value is -0.660. The van der Waals surface area contributed by atoms with Gasteiger partial charge in [-0.25, -0.2) is 0 Å². The molecule has 0 amide bonds. The van der Waals surface area contributed by atoms with Gasteiger partial charge in [0.15, 0.2) is 0 Å². The molecule has 2 N–H and O–H groups in total. The van der Waals surface area contributed by atoms with Crippen LogP contribution in [0.4, 0.5) is 0 Å². The molecule has 0 heterocycles. The Bertz CT molecular complexity index is 64.8. The zero-order chi connectivity index (χ0) is 6.99. The average molecular weight is 117 g/mol. The lowest BCUT2D eigenvalue weighted by Crippen LogP contribution is -2.11. The van der Waals surface area contributed by atoms with E-state index in [1.165, 1.54) is 0 Å². The van der Waals surface area contributed by atoms with Crippen LogP contribution in [0, 0.1) is 0 Å². The molecular formula is C5H11NO2. The van der Waals surface area contributed by atoms with Crippen LogP contribution in [-0.4, -0.2) is 12.2 Å². The van der Waals surface area contributed by atoms with Gasteiger partial charge in [0.25, 0.3) is 0 Å². The summed E-state index contributed by atoms with van der Waals surface area (Å²) in [6.07, 6.45) is 1.33. The van der Waals surface area contributed by atoms with E-state index in [2.05, 4.69) is 6.92 Å². The molecule has 0 saturated heterocycles. The van der Waals surface area contributed by atoms with Crippen molar-refractivity contribution in [2.75, 3.05) is 0 Å². The van der Waals surface area contributed by atoms with Crippen LogP contribution in [0.5, 0.6) is 0 Å². The van der Waals surface area contributed by atoms with Crippen molar-refractivity contribution in [1.82, 2.24) is 0 Å². The topological polar surface area (TPSA) is 60.2 Å². The van der Waals surface area contributed by atoms with Gasteiger partial charge in [-0.05, 0) is 13.3 Å². The van der Waals surface area contributed by atoms with E-state index >= 15 is 0 Å². The molecule has 3 nitrogen and oxygen atoms in total. The van der Waals surface area contributed by atoms with Gasteiger partial charge in [-0.15, -0.1) is 0 Å². The number of hydrogen-bond acceptors (Lipinski definition) is 3. The maximum atomic E-state index is 8.12. The molecule has 3 heteroatoms. The molecule has 0 fully saturated rings. The van der Waals surface area contributed by atoms with E-state index in [0.29, 0.717) is 6.04 Å². The van der Waals surface area contributed by atoms with E-state index in [4.69, 9.17) is 15.3 Å². The summed E-state index contributed by atoms with van der Waals surface area (Å²) in [6.45, 7) is 4.07. The van der Waals surface area contributed by atoms with Crippen molar-refractivity contribution in [3.63, 3.8) is 0 Å². The maximum Gasteiger partial charge on any atom is 0.373 e. The van der Waals surface area contributed by atoms with Gasteiger partial charge in [-0.1, -0.05) is 6.92 Å². The van der Waals surface area contributed by atoms with Crippen molar-refractivity contribution in [2.45, 2.75) is 26.3 Å². The molecule has 0 saturated carbocycles. The molecule has 0 rings (SSSR count). The molecule has 1 unspecified atom stereocenters. The normalized spacial score (nSPS) is 10.4. The lowest BCUT2D eigenvalue weighted by atomic mass is 10.3. The monoisotopic (exact) mass is 117 g/mol. The molecule has 0 radical (unpaired) electrons. The molecule has 0 bridgehead atoms. The van der Waals surface area contributed by atoms with Crippen molar-refractivity contribution >= 4 is 6.15 Å². The van der Waals surface area contributed by atoms with Crippen LogP contribution in [-0.2, 0) is 9.59 Å². The van der Waals surface area contributed by atoms with Crippen LogP contribution in [0.2, 0.25) is 0 Å². The van der Waals surface area contributed by atoms with Gasteiger partial charge < -0.3 is 5.73 Å². The van der Waals surface area contributed by atoms with Gasteiger partial charge in [-0.2, -0.15) is 9.59 Å². The maximum absolute atomic E-state index is 8.12. The highest BCUT2D eigenvalue weighted by Gasteiger charge is 1.79. The SMILES string of the molecule is CCC(C)N.O=C=O. The fraction of sp³-hybridized carbons (Fsp3) is 0.800. The minimum atomic E-state index is 0.250. The van der Waals surface area contributed by atoms with Gasteiger partial charge in [0.1, 0.15) is 0 Å². The van der Waals surface area contributed by atoms with E-state index in [0.717, 1.165) is 6.42 Å². The van der Waals surface area contributed by atoms with E-state index in [1.54, 1.807) is 0 Å². The highest BCUT2D eigenvalue weighted by Crippen LogP contribution is 1.77. The fourth-order valence-corrected chi connectivity index (χ4v) is 0. The molecule has 0 aromatic rings. The van der Waals surface area contributed by atoms with Crippen molar-refractivity contribution in [2.24, 2.45) is 5.73 Å². The summed E-state index contributed by atoms with van der Waals surface area (Å²) in [5.41, 5.74) is 5.29. The molecule has 0 aliphatic carbocycles. The third kappa shape index (κ3) is 56.0. The summed E-state index contributed by atoms with van der Waals surface area (Å²) >= 11 is 0. The van der Waals surface area contributed by atoms with E-state index in [-0.39, 0.29) is 6.15 Å². The standard InChI is InChI=1S/C4H11N.CO2/c1-3-4(2)5;2-1-3/h4H,3,5H2,1-2H3;. The number of nitrogens with two attached hydrogens (primary N) is 1. The first kappa shape index (κ1) is 10.3. The molecule has 8 heavy (non-hydrogen) atoms. The van der Waals surface area contributed by atoms with Crippen LogP contribution in [0.15, 0.2) is 0 Å². The Morgan fingerprint density at radius 3 is 1.75 bits per heavy atom. The van der Waals surface area contributed by atoms with Crippen LogP contribution in [0.25, 0.3) is 0 Å². The van der Waals surface area contributed by atoms with Crippen molar-refractivity contribution < 1.29 is 9.59 Å². The first-order valence-electron chi connectivity index (χ1n) is 2.43. The third-order valence-electron chi connectivity index (χ3n) is 0.644. The van der Waals surface area contributed by atoms with Crippen molar-refractivity contribution in [1.29, 1.82) is 0 Å². The van der Waals surface area contributed by atoms with Crippen LogP contribution < -0.4 is 5.73 Å². The summed E-state index contributed by atoms with van der Waals surface area (Å²) < 4.78 is 0. The van der Waals surface area contributed by atoms with Crippen molar-refractivity contribution in [3.8, 4) is 0 Å². The van der Waals surface area contributed by atoms with Crippen LogP contribution >= 0.6 is 0 Å². The van der Waals surface area contributed by atoms with Gasteiger partial charge in [0, 0.05) is 6.04 Å². The Morgan fingerprint density at radius 1 is 1.62 bits per heavy atom. The molecule has 0 aromatic heterocycles. The fourth-order valence-electron chi connectivity index (χ4n) is 0. The lowest BCUT2D eigenvalue weighted by Gasteiger charge is -1.91.